The summed E-state index contributed by atoms with van der Waals surface area (Å²) in [4.78, 5) is 12.2. The van der Waals surface area contributed by atoms with E-state index in [4.69, 9.17) is 4.74 Å². The molecule has 0 aliphatic carbocycles. The van der Waals surface area contributed by atoms with Crippen LogP contribution < -0.4 is 0 Å². The maximum Gasteiger partial charge on any atom is 0.148 e. The summed E-state index contributed by atoms with van der Waals surface area (Å²) in [6, 6.07) is 0. The Balaban J connectivity index is 2.63. The van der Waals surface area contributed by atoms with E-state index < -0.39 is 0 Å². The predicted octanol–water partition coefficient (Wildman–Crippen LogP) is 3.29. The summed E-state index contributed by atoms with van der Waals surface area (Å²) in [5.41, 5.74) is -0.468. The molecule has 1 atom stereocenters. The van der Waals surface area contributed by atoms with Crippen LogP contribution in [0.15, 0.2) is 0 Å². The van der Waals surface area contributed by atoms with E-state index in [1.54, 1.807) is 11.8 Å². The Hall–Kier alpha value is -0.0200. The lowest BCUT2D eigenvalue weighted by atomic mass is 9.84. The van der Waals surface area contributed by atoms with E-state index in [1.165, 1.54) is 0 Å². The van der Waals surface area contributed by atoms with E-state index in [1.807, 2.05) is 13.8 Å². The molecule has 1 heterocycles. The largest absolute Gasteiger partial charge is 0.369 e. The fraction of sp³-hybridized carbons (Fsp3) is 0.923. The van der Waals surface area contributed by atoms with Gasteiger partial charge in [-0.25, -0.2) is 0 Å². The average Bonchev–Trinajstić information content (AvgIpc) is 2.30. The van der Waals surface area contributed by atoms with Gasteiger partial charge in [0.05, 0.1) is 17.0 Å². The standard InChI is InChI=1S/C13H24O2S/c1-9(2)16-8-11(14)10-7-12(3,4)15-13(10,5)6/h9-10H,7-8H2,1-6H3. The third-order valence-corrected chi connectivity index (χ3v) is 4.14. The number of Topliss-reactive ketones (excluding diaryl/α,β-unsaturated/α-hetero) is 1. The van der Waals surface area contributed by atoms with Gasteiger partial charge in [-0.2, -0.15) is 11.8 Å². The highest BCUT2D eigenvalue weighted by Crippen LogP contribution is 2.42. The molecule has 2 nitrogen and oxygen atoms in total. The summed E-state index contributed by atoms with van der Waals surface area (Å²) in [7, 11) is 0. The van der Waals surface area contributed by atoms with Gasteiger partial charge in [-0.05, 0) is 39.4 Å². The second kappa shape index (κ2) is 4.69. The Morgan fingerprint density at radius 1 is 1.38 bits per heavy atom. The number of hydrogen-bond donors (Lipinski definition) is 0. The van der Waals surface area contributed by atoms with Crippen LogP contribution in [0.3, 0.4) is 0 Å². The van der Waals surface area contributed by atoms with Crippen LogP contribution in [0.4, 0.5) is 0 Å². The van der Waals surface area contributed by atoms with Gasteiger partial charge < -0.3 is 4.74 Å². The fourth-order valence-electron chi connectivity index (χ4n) is 2.41. The third-order valence-electron chi connectivity index (χ3n) is 3.02. The van der Waals surface area contributed by atoms with Gasteiger partial charge in [0.25, 0.3) is 0 Å². The number of thioether (sulfide) groups is 1. The van der Waals surface area contributed by atoms with Crippen molar-refractivity contribution < 1.29 is 9.53 Å². The molecule has 1 saturated heterocycles. The summed E-state index contributed by atoms with van der Waals surface area (Å²) < 4.78 is 5.95. The van der Waals surface area contributed by atoms with Crippen LogP contribution in [0.25, 0.3) is 0 Å². The highest BCUT2D eigenvalue weighted by Gasteiger charge is 2.48. The molecule has 1 unspecified atom stereocenters. The summed E-state index contributed by atoms with van der Waals surface area (Å²) >= 11 is 1.72. The molecule has 1 aliphatic rings. The topological polar surface area (TPSA) is 26.3 Å². The smallest absolute Gasteiger partial charge is 0.148 e. The Morgan fingerprint density at radius 2 is 1.94 bits per heavy atom. The van der Waals surface area contributed by atoms with Crippen molar-refractivity contribution in [1.82, 2.24) is 0 Å². The molecule has 1 fully saturated rings. The molecule has 0 aromatic heterocycles. The van der Waals surface area contributed by atoms with Crippen LogP contribution in [0.1, 0.15) is 48.0 Å². The van der Waals surface area contributed by atoms with Crippen molar-refractivity contribution in [3.05, 3.63) is 0 Å². The van der Waals surface area contributed by atoms with Crippen molar-refractivity contribution in [2.75, 3.05) is 5.75 Å². The lowest BCUT2D eigenvalue weighted by Crippen LogP contribution is -2.34. The van der Waals surface area contributed by atoms with Crippen molar-refractivity contribution in [2.24, 2.45) is 5.92 Å². The number of ketones is 1. The molecular weight excluding hydrogens is 220 g/mol. The maximum atomic E-state index is 12.2. The van der Waals surface area contributed by atoms with E-state index in [0.717, 1.165) is 6.42 Å². The lowest BCUT2D eigenvalue weighted by molar-refractivity contribution is -0.126. The molecule has 0 aromatic rings. The zero-order valence-corrected chi connectivity index (χ0v) is 12.1. The van der Waals surface area contributed by atoms with Gasteiger partial charge >= 0.3 is 0 Å². The van der Waals surface area contributed by atoms with Crippen molar-refractivity contribution in [1.29, 1.82) is 0 Å². The lowest BCUT2D eigenvalue weighted by Gasteiger charge is -2.26. The van der Waals surface area contributed by atoms with E-state index in [9.17, 15) is 4.79 Å². The molecule has 1 rings (SSSR count). The highest BCUT2D eigenvalue weighted by molar-refractivity contribution is 8.00. The molecule has 94 valence electrons. The Kier molecular flexibility index (Phi) is 4.12. The quantitative estimate of drug-likeness (QED) is 0.759. The molecule has 0 aromatic carbocycles. The van der Waals surface area contributed by atoms with Crippen molar-refractivity contribution in [2.45, 2.75) is 64.4 Å². The molecule has 0 bridgehead atoms. The molecule has 16 heavy (non-hydrogen) atoms. The van der Waals surface area contributed by atoms with Gasteiger partial charge in [0.15, 0.2) is 0 Å². The second-order valence-corrected chi connectivity index (χ2v) is 7.61. The van der Waals surface area contributed by atoms with Gasteiger partial charge in [0.1, 0.15) is 5.78 Å². The van der Waals surface area contributed by atoms with Gasteiger partial charge in [0.2, 0.25) is 0 Å². The van der Waals surface area contributed by atoms with E-state index in [0.29, 0.717) is 16.8 Å². The first-order chi connectivity index (χ1) is 7.14. The van der Waals surface area contributed by atoms with Crippen molar-refractivity contribution in [3.63, 3.8) is 0 Å². The third kappa shape index (κ3) is 3.49. The van der Waals surface area contributed by atoms with Gasteiger partial charge in [-0.15, -0.1) is 0 Å². The van der Waals surface area contributed by atoms with Crippen LogP contribution in [-0.4, -0.2) is 28.0 Å². The first-order valence-electron chi connectivity index (χ1n) is 5.98. The molecule has 3 heteroatoms. The van der Waals surface area contributed by atoms with E-state index >= 15 is 0 Å². The number of ether oxygens (including phenoxy) is 1. The first-order valence-corrected chi connectivity index (χ1v) is 7.03. The summed E-state index contributed by atoms with van der Waals surface area (Å²) in [6.07, 6.45) is 0.845. The SMILES string of the molecule is CC(C)SCC(=O)C1CC(C)(C)OC1(C)C. The van der Waals surface area contributed by atoms with Crippen molar-refractivity contribution in [3.8, 4) is 0 Å². The minimum absolute atomic E-state index is 0.0498. The molecule has 0 saturated carbocycles. The van der Waals surface area contributed by atoms with Crippen LogP contribution >= 0.6 is 11.8 Å². The van der Waals surface area contributed by atoms with Gasteiger partial charge in [-0.3, -0.25) is 4.79 Å². The molecule has 0 spiro atoms. The Labute approximate surface area is 104 Å². The average molecular weight is 244 g/mol. The molecular formula is C13H24O2S. The normalized spacial score (nSPS) is 27.3. The molecule has 1 aliphatic heterocycles. The summed E-state index contributed by atoms with van der Waals surface area (Å²) in [5.74, 6) is 1.01. The van der Waals surface area contributed by atoms with E-state index in [-0.39, 0.29) is 17.1 Å². The zero-order chi connectivity index (χ0) is 12.6. The van der Waals surface area contributed by atoms with Crippen LogP contribution in [0.5, 0.6) is 0 Å². The number of carbonyl (C=O) groups is 1. The fourth-order valence-corrected chi connectivity index (χ4v) is 3.11. The number of rotatable bonds is 4. The minimum Gasteiger partial charge on any atom is -0.369 e. The second-order valence-electron chi connectivity index (χ2n) is 6.05. The Bertz CT molecular complexity index is 269. The summed E-state index contributed by atoms with van der Waals surface area (Å²) in [6.45, 7) is 12.4. The molecule has 0 radical (unpaired) electrons. The Morgan fingerprint density at radius 3 is 2.31 bits per heavy atom. The minimum atomic E-state index is -0.307. The maximum absolute atomic E-state index is 12.2. The monoisotopic (exact) mass is 244 g/mol. The summed E-state index contributed by atoms with van der Waals surface area (Å²) in [5, 5.41) is 0.516. The number of carbonyl (C=O) groups excluding carboxylic acids is 1. The van der Waals surface area contributed by atoms with Crippen LogP contribution in [0, 0.1) is 5.92 Å². The van der Waals surface area contributed by atoms with Crippen LogP contribution in [-0.2, 0) is 9.53 Å². The predicted molar refractivity (Wildman–Crippen MR) is 70.0 cm³/mol. The molecule has 0 N–H and O–H groups in total. The van der Waals surface area contributed by atoms with Gasteiger partial charge in [-0.1, -0.05) is 13.8 Å². The van der Waals surface area contributed by atoms with Gasteiger partial charge in [0, 0.05) is 5.92 Å². The first kappa shape index (κ1) is 14.0. The van der Waals surface area contributed by atoms with Crippen LogP contribution in [0.2, 0.25) is 0 Å². The van der Waals surface area contributed by atoms with Crippen molar-refractivity contribution >= 4 is 17.5 Å². The van der Waals surface area contributed by atoms with E-state index in [2.05, 4.69) is 27.7 Å². The zero-order valence-electron chi connectivity index (χ0n) is 11.3. The number of hydrogen-bond acceptors (Lipinski definition) is 3. The highest BCUT2D eigenvalue weighted by atomic mass is 32.2. The molecule has 0 amide bonds.